The van der Waals surface area contributed by atoms with Gasteiger partial charge in [-0.2, -0.15) is 8.42 Å². The highest BCUT2D eigenvalue weighted by atomic mass is 32.2. The van der Waals surface area contributed by atoms with Crippen molar-refractivity contribution in [3.63, 3.8) is 0 Å². The van der Waals surface area contributed by atoms with E-state index in [0.29, 0.717) is 5.56 Å². The minimum Gasteiger partial charge on any atom is -0.302 e. The molecule has 0 radical (unpaired) electrons. The molecule has 0 spiro atoms. The molecule has 1 N–H and O–H groups in total. The van der Waals surface area contributed by atoms with Gasteiger partial charge in [0, 0.05) is 5.41 Å². The molecule has 82 valence electrons. The lowest BCUT2D eigenvalue weighted by atomic mass is 9.87. The summed E-state index contributed by atoms with van der Waals surface area (Å²) < 4.78 is 30.2. The molecule has 0 aliphatic heterocycles. The maximum Gasteiger partial charge on any atom is 0.294 e. The van der Waals surface area contributed by atoms with Crippen molar-refractivity contribution in [1.82, 2.24) is 0 Å². The van der Waals surface area contributed by atoms with Gasteiger partial charge in [0.2, 0.25) is 0 Å². The molecule has 0 unspecified atom stereocenters. The minimum absolute atomic E-state index is 0.173. The summed E-state index contributed by atoms with van der Waals surface area (Å²) in [4.78, 5) is 10.6. The van der Waals surface area contributed by atoms with Crippen LogP contribution in [0.2, 0.25) is 0 Å². The molecule has 0 amide bonds. The number of carbonyl (C=O) groups is 1. The maximum atomic E-state index is 10.7. The van der Waals surface area contributed by atoms with Gasteiger partial charge in [-0.05, 0) is 31.5 Å². The molecule has 0 aromatic heterocycles. The van der Waals surface area contributed by atoms with Crippen molar-refractivity contribution in [2.45, 2.75) is 24.2 Å². The van der Waals surface area contributed by atoms with Gasteiger partial charge in [-0.3, -0.25) is 4.55 Å². The molecule has 0 aliphatic rings. The summed E-state index contributed by atoms with van der Waals surface area (Å²) in [5.74, 6) is 0. The third-order valence-corrected chi connectivity index (χ3v) is 3.06. The summed E-state index contributed by atoms with van der Waals surface area (Å²) >= 11 is 0. The molecule has 0 fully saturated rings. The summed E-state index contributed by atoms with van der Waals surface area (Å²) in [5.41, 5.74) is 0.0440. The van der Waals surface area contributed by atoms with Crippen LogP contribution in [-0.2, 0) is 20.3 Å². The molecule has 0 heterocycles. The lowest BCUT2D eigenvalue weighted by molar-refractivity contribution is -0.111. The Hall–Kier alpha value is -1.20. The Morgan fingerprint density at radius 3 is 2.00 bits per heavy atom. The van der Waals surface area contributed by atoms with Crippen molar-refractivity contribution >= 4 is 16.4 Å². The fourth-order valence-corrected chi connectivity index (χ4v) is 1.60. The van der Waals surface area contributed by atoms with Crippen molar-refractivity contribution in [3.8, 4) is 0 Å². The van der Waals surface area contributed by atoms with Crippen molar-refractivity contribution < 1.29 is 17.8 Å². The summed E-state index contributed by atoms with van der Waals surface area (Å²) in [5, 5.41) is 0. The van der Waals surface area contributed by atoms with Crippen molar-refractivity contribution in [3.05, 3.63) is 29.8 Å². The summed E-state index contributed by atoms with van der Waals surface area (Å²) in [6, 6.07) is 5.57. The summed E-state index contributed by atoms with van der Waals surface area (Å²) in [6.45, 7) is 3.45. The number of hydrogen-bond acceptors (Lipinski definition) is 3. The number of hydrogen-bond donors (Lipinski definition) is 1. The van der Waals surface area contributed by atoms with Crippen molar-refractivity contribution in [2.24, 2.45) is 0 Å². The zero-order chi connectivity index (χ0) is 11.7. The second-order valence-corrected chi connectivity index (χ2v) is 5.26. The average molecular weight is 228 g/mol. The first kappa shape index (κ1) is 11.9. The predicted molar refractivity (Wildman–Crippen MR) is 55.3 cm³/mol. The van der Waals surface area contributed by atoms with Crippen LogP contribution in [0.15, 0.2) is 29.2 Å². The van der Waals surface area contributed by atoms with Crippen LogP contribution >= 0.6 is 0 Å². The Morgan fingerprint density at radius 1 is 1.20 bits per heavy atom. The van der Waals surface area contributed by atoms with Gasteiger partial charge < -0.3 is 4.79 Å². The molecular formula is C10H12O4S. The average Bonchev–Trinajstić information content (AvgIpc) is 2.17. The molecule has 5 heteroatoms. The molecule has 1 rings (SSSR count). The third kappa shape index (κ3) is 2.64. The number of rotatable bonds is 3. The van der Waals surface area contributed by atoms with Crippen LogP contribution in [0.5, 0.6) is 0 Å². The molecular weight excluding hydrogens is 216 g/mol. The van der Waals surface area contributed by atoms with E-state index < -0.39 is 15.5 Å². The monoisotopic (exact) mass is 228 g/mol. The number of carbonyl (C=O) groups excluding carboxylic acids is 1. The van der Waals surface area contributed by atoms with Gasteiger partial charge in [0.1, 0.15) is 6.29 Å². The highest BCUT2D eigenvalue weighted by Gasteiger charge is 2.20. The Morgan fingerprint density at radius 2 is 1.67 bits per heavy atom. The van der Waals surface area contributed by atoms with E-state index >= 15 is 0 Å². The van der Waals surface area contributed by atoms with Crippen LogP contribution in [0.4, 0.5) is 0 Å². The molecule has 15 heavy (non-hydrogen) atoms. The predicted octanol–water partition coefficient (Wildman–Crippen LogP) is 1.41. The molecule has 1 aromatic carbocycles. The second kappa shape index (κ2) is 3.75. The van der Waals surface area contributed by atoms with Gasteiger partial charge in [0.05, 0.1) is 4.90 Å². The molecule has 0 aliphatic carbocycles. The first-order valence-electron chi connectivity index (χ1n) is 4.32. The van der Waals surface area contributed by atoms with Gasteiger partial charge in [-0.1, -0.05) is 12.1 Å². The van der Waals surface area contributed by atoms with Gasteiger partial charge >= 0.3 is 0 Å². The van der Waals surface area contributed by atoms with Gasteiger partial charge in [0.25, 0.3) is 10.1 Å². The van der Waals surface area contributed by atoms with Gasteiger partial charge in [-0.15, -0.1) is 0 Å². The smallest absolute Gasteiger partial charge is 0.294 e. The standard InChI is InChI=1S/C10H12O4S/c1-10(2,7-11)8-3-5-9(6-4-8)15(12,13)14/h3-7H,1-2H3,(H,12,13,14). The van der Waals surface area contributed by atoms with Crippen molar-refractivity contribution in [1.29, 1.82) is 0 Å². The van der Waals surface area contributed by atoms with Crippen LogP contribution < -0.4 is 0 Å². The lowest BCUT2D eigenvalue weighted by Gasteiger charge is -2.17. The Kier molecular flexibility index (Phi) is 2.97. The van der Waals surface area contributed by atoms with E-state index in [1.807, 2.05) is 0 Å². The van der Waals surface area contributed by atoms with Gasteiger partial charge in [-0.25, -0.2) is 0 Å². The van der Waals surface area contributed by atoms with E-state index in [9.17, 15) is 13.2 Å². The highest BCUT2D eigenvalue weighted by Crippen LogP contribution is 2.21. The summed E-state index contributed by atoms with van der Waals surface area (Å²) in [6.07, 6.45) is 0.787. The minimum atomic E-state index is -4.16. The molecule has 0 atom stereocenters. The fourth-order valence-electron chi connectivity index (χ4n) is 1.12. The Bertz CT molecular complexity index is 457. The molecule has 0 bridgehead atoms. The molecule has 1 aromatic rings. The quantitative estimate of drug-likeness (QED) is 0.627. The zero-order valence-electron chi connectivity index (χ0n) is 8.47. The lowest BCUT2D eigenvalue weighted by Crippen LogP contribution is -2.18. The SMILES string of the molecule is CC(C)(C=O)c1ccc(S(=O)(=O)O)cc1. The summed E-state index contributed by atoms with van der Waals surface area (Å²) in [7, 11) is -4.16. The largest absolute Gasteiger partial charge is 0.302 e. The van der Waals surface area contributed by atoms with Crippen LogP contribution in [0.25, 0.3) is 0 Å². The van der Waals surface area contributed by atoms with Crippen LogP contribution in [-0.4, -0.2) is 19.3 Å². The van der Waals surface area contributed by atoms with Gasteiger partial charge in [0.15, 0.2) is 0 Å². The van der Waals surface area contributed by atoms with Crippen LogP contribution in [0.3, 0.4) is 0 Å². The normalized spacial score (nSPS) is 12.5. The first-order valence-corrected chi connectivity index (χ1v) is 5.76. The highest BCUT2D eigenvalue weighted by molar-refractivity contribution is 7.85. The van der Waals surface area contributed by atoms with E-state index in [-0.39, 0.29) is 4.90 Å². The van der Waals surface area contributed by atoms with E-state index in [1.165, 1.54) is 24.3 Å². The number of benzene rings is 1. The fraction of sp³-hybridized carbons (Fsp3) is 0.300. The molecule has 0 saturated carbocycles. The maximum absolute atomic E-state index is 10.7. The van der Waals surface area contributed by atoms with Crippen molar-refractivity contribution in [2.75, 3.05) is 0 Å². The van der Waals surface area contributed by atoms with E-state index in [4.69, 9.17) is 4.55 Å². The Balaban J connectivity index is 3.17. The van der Waals surface area contributed by atoms with E-state index in [1.54, 1.807) is 13.8 Å². The third-order valence-electron chi connectivity index (χ3n) is 2.19. The topological polar surface area (TPSA) is 71.4 Å². The molecule has 0 saturated heterocycles. The van der Waals surface area contributed by atoms with E-state index in [2.05, 4.69) is 0 Å². The molecule has 4 nitrogen and oxygen atoms in total. The first-order chi connectivity index (χ1) is 6.77. The van der Waals surface area contributed by atoms with Crippen LogP contribution in [0.1, 0.15) is 19.4 Å². The zero-order valence-corrected chi connectivity index (χ0v) is 9.28. The second-order valence-electron chi connectivity index (χ2n) is 3.84. The Labute approximate surface area is 88.7 Å². The van der Waals surface area contributed by atoms with Crippen LogP contribution in [0, 0.1) is 0 Å². The van der Waals surface area contributed by atoms with E-state index in [0.717, 1.165) is 6.29 Å². The number of aldehydes is 1.